The van der Waals surface area contributed by atoms with Gasteiger partial charge in [-0.3, -0.25) is 0 Å². The number of benzene rings is 5. The van der Waals surface area contributed by atoms with E-state index in [1.807, 2.05) is 30.3 Å². The Morgan fingerprint density at radius 2 is 0.776 bits per heavy atom. The molecule has 0 bridgehead atoms. The van der Waals surface area contributed by atoms with Crippen LogP contribution < -0.4 is 16.1 Å². The van der Waals surface area contributed by atoms with Gasteiger partial charge in [0.1, 0.15) is 0 Å². The molecule has 5 aromatic carbocycles. The number of rotatable bonds is 0. The molecule has 1 aliphatic heterocycles. The maximum Gasteiger partial charge on any atom is 0.0891 e. The van der Waals surface area contributed by atoms with Gasteiger partial charge in [-0.2, -0.15) is 13.5 Å². The summed E-state index contributed by atoms with van der Waals surface area (Å²) in [6.45, 7) is 17.6. The molecule has 0 spiro atoms. The minimum absolute atomic E-state index is 0. The summed E-state index contributed by atoms with van der Waals surface area (Å²) in [7, 11) is 0.673. The summed E-state index contributed by atoms with van der Waals surface area (Å²) in [5, 5.41) is 3.20. The Bertz CT molecular complexity index is 1290. The van der Waals surface area contributed by atoms with Crippen LogP contribution in [-0.4, -0.2) is 51.1 Å². The third-order valence-electron chi connectivity index (χ3n) is 6.21. The van der Waals surface area contributed by atoms with E-state index in [0.29, 0.717) is 19.0 Å². The Labute approximate surface area is 325 Å². The third-order valence-corrected chi connectivity index (χ3v) is 8.21. The molecule has 7 rings (SSSR count). The van der Waals surface area contributed by atoms with Gasteiger partial charge < -0.3 is 11.2 Å². The first-order valence-electron chi connectivity index (χ1n) is 17.1. The molecule has 0 fully saturated rings. The number of hydrogen-bond acceptors (Lipinski definition) is 1. The van der Waals surface area contributed by atoms with Gasteiger partial charge in [0.25, 0.3) is 0 Å². The zero-order valence-electron chi connectivity index (χ0n) is 30.9. The van der Waals surface area contributed by atoms with Crippen molar-refractivity contribution < 1.29 is 5.48 Å². The van der Waals surface area contributed by atoms with Crippen LogP contribution in [-0.2, 0) is 6.42 Å². The van der Waals surface area contributed by atoms with Gasteiger partial charge in [-0.05, 0) is 51.9 Å². The molecule has 0 aromatic heterocycles. The standard InChI is InChI=1S/C13H10.C12H10Si.C6H7N.2C3H8.2C2H8Si.CH4.H2O.H2S.H2Se/c1-3-7-12-10(5-1)9-11-6-2-4-8-13(11)12;1-3-7-11-9(5-1)10-6-2-4-8-12(10)13-11;7-6-4-2-1-3-5-6;4*1-3-2;;;;/h1-8H,9H2;1-8H,13H2;1-5H,7H2;4*3H2,1-2H3;1H4;3*1H2. The predicted octanol–water partition coefficient (Wildman–Crippen LogP) is 7.66. The maximum atomic E-state index is 5.36. The van der Waals surface area contributed by atoms with Crippen LogP contribution in [0.15, 0.2) is 127 Å². The Kier molecular flexibility index (Phi) is 36.7. The molecular weight excluding hydrogens is 730 g/mol. The van der Waals surface area contributed by atoms with E-state index in [4.69, 9.17) is 5.73 Å². The van der Waals surface area contributed by atoms with Crippen molar-refractivity contribution in [3.8, 4) is 22.3 Å². The van der Waals surface area contributed by atoms with E-state index < -0.39 is 0 Å². The molecule has 272 valence electrons. The molecule has 0 radical (unpaired) electrons. The van der Waals surface area contributed by atoms with Crippen LogP contribution in [0, 0.1) is 0 Å². The van der Waals surface area contributed by atoms with Gasteiger partial charge in [0, 0.05) is 24.7 Å². The van der Waals surface area contributed by atoms with E-state index in [-0.39, 0.29) is 53.0 Å². The minimum atomic E-state index is -0.160. The molecule has 0 amide bonds. The molecule has 5 aromatic rings. The number of anilines is 1. The summed E-state index contributed by atoms with van der Waals surface area (Å²) in [6.07, 6.45) is 3.60. The molecule has 0 atom stereocenters. The summed E-state index contributed by atoms with van der Waals surface area (Å²) in [6, 6.07) is 44.4. The maximum absolute atomic E-state index is 5.36. The fraction of sp³-hybridized carbons (Fsp3) is 0.286. The smallest absolute Gasteiger partial charge is 0.0627 e. The second-order valence-corrected chi connectivity index (χ2v) is 15.9. The summed E-state index contributed by atoms with van der Waals surface area (Å²) < 4.78 is 0. The topological polar surface area (TPSA) is 57.5 Å². The molecule has 0 saturated carbocycles. The second kappa shape index (κ2) is 33.9. The van der Waals surface area contributed by atoms with Crippen molar-refractivity contribution in [2.45, 2.75) is 80.6 Å². The van der Waals surface area contributed by atoms with Crippen LogP contribution >= 0.6 is 13.5 Å². The predicted molar refractivity (Wildman–Crippen MR) is 247 cm³/mol. The molecule has 2 nitrogen and oxygen atoms in total. The first kappa shape index (κ1) is 53.2. The van der Waals surface area contributed by atoms with Crippen LogP contribution in [0.4, 0.5) is 5.69 Å². The quantitative estimate of drug-likeness (QED) is 0.125. The van der Waals surface area contributed by atoms with E-state index in [2.05, 4.69) is 151 Å². The summed E-state index contributed by atoms with van der Waals surface area (Å²) in [4.78, 5) is 0. The Balaban J connectivity index is -0.000000264. The molecule has 1 aliphatic carbocycles. The number of nitrogen functional groups attached to an aromatic ring is 1. The van der Waals surface area contributed by atoms with Gasteiger partial charge in [0.2, 0.25) is 0 Å². The van der Waals surface area contributed by atoms with Crippen LogP contribution in [0.2, 0.25) is 26.2 Å². The van der Waals surface area contributed by atoms with Crippen molar-refractivity contribution in [1.82, 2.24) is 0 Å². The van der Waals surface area contributed by atoms with Crippen molar-refractivity contribution in [2.24, 2.45) is 0 Å². The van der Waals surface area contributed by atoms with E-state index in [1.165, 1.54) is 46.2 Å². The van der Waals surface area contributed by atoms with Crippen molar-refractivity contribution >= 4 is 75.2 Å². The van der Waals surface area contributed by atoms with Crippen LogP contribution in [0.25, 0.3) is 22.3 Å². The van der Waals surface area contributed by atoms with Gasteiger partial charge in [0.15, 0.2) is 0 Å². The Hall–Kier alpha value is -2.62. The molecule has 2 aliphatic rings. The molecule has 49 heavy (non-hydrogen) atoms. The average molecular weight is 799 g/mol. The van der Waals surface area contributed by atoms with Crippen LogP contribution in [0.5, 0.6) is 0 Å². The van der Waals surface area contributed by atoms with Crippen LogP contribution in [0.1, 0.15) is 59.1 Å². The zero-order valence-corrected chi connectivity index (χ0v) is 38.3. The fourth-order valence-electron chi connectivity index (χ4n) is 4.61. The largest absolute Gasteiger partial charge is 0.0891 e. The molecule has 0 unspecified atom stereocenters. The number of para-hydroxylation sites is 1. The SMILES string of the molecule is C.CCC.CCC.C[SiH2]C.C[SiH2]C.Nc1ccccc1.O.S.[SeH2].c1ccc2c(c1)Cc1ccccc1-2.c1ccc2c(c1)[SiH2]c1ccccc1-2. The van der Waals surface area contributed by atoms with Gasteiger partial charge in [-0.25, -0.2) is 0 Å². The molecule has 1 heterocycles. The molecule has 0 saturated heterocycles. The van der Waals surface area contributed by atoms with Crippen molar-refractivity contribution in [3.63, 3.8) is 0 Å². The number of fused-ring (bicyclic) bond motifs is 6. The normalized spacial score (nSPS) is 9.22. The van der Waals surface area contributed by atoms with E-state index in [0.717, 1.165) is 12.1 Å². The monoisotopic (exact) mass is 799 g/mol. The number of nitrogens with two attached hydrogens (primary N) is 1. The molecule has 4 N–H and O–H groups in total. The van der Waals surface area contributed by atoms with E-state index in [1.54, 1.807) is 10.4 Å². The zero-order chi connectivity index (χ0) is 33.3. The fourth-order valence-corrected chi connectivity index (χ4v) is 6.53. The van der Waals surface area contributed by atoms with E-state index >= 15 is 0 Å². The molecule has 7 heteroatoms. The molecular formula is C42H69NOSSeSi3. The first-order chi connectivity index (χ1) is 21.9. The van der Waals surface area contributed by atoms with Gasteiger partial charge >= 0.3 is 17.1 Å². The van der Waals surface area contributed by atoms with Gasteiger partial charge in [-0.1, -0.05) is 200 Å². The van der Waals surface area contributed by atoms with Gasteiger partial charge in [-0.15, -0.1) is 0 Å². The summed E-state index contributed by atoms with van der Waals surface area (Å²) in [5.74, 6) is 0. The Morgan fingerprint density at radius 3 is 1.08 bits per heavy atom. The van der Waals surface area contributed by atoms with E-state index in [9.17, 15) is 0 Å². The summed E-state index contributed by atoms with van der Waals surface area (Å²) in [5.41, 5.74) is 14.9. The third kappa shape index (κ3) is 20.0. The minimum Gasteiger partial charge on any atom is -0.0627 e. The first-order valence-corrected chi connectivity index (χ1v) is 24.2. The Morgan fingerprint density at radius 1 is 0.510 bits per heavy atom. The number of hydrogen-bond donors (Lipinski definition) is 1. The summed E-state index contributed by atoms with van der Waals surface area (Å²) >= 11 is 0. The second-order valence-electron chi connectivity index (χ2n) is 11.2. The van der Waals surface area contributed by atoms with Crippen molar-refractivity contribution in [3.05, 3.63) is 139 Å². The van der Waals surface area contributed by atoms with Crippen molar-refractivity contribution in [2.75, 3.05) is 5.73 Å². The van der Waals surface area contributed by atoms with Crippen LogP contribution in [0.3, 0.4) is 0 Å². The van der Waals surface area contributed by atoms with Crippen molar-refractivity contribution in [1.29, 1.82) is 0 Å². The van der Waals surface area contributed by atoms with Gasteiger partial charge in [0.05, 0.1) is 9.52 Å². The average Bonchev–Trinajstić information content (AvgIpc) is 3.62.